The van der Waals surface area contributed by atoms with Crippen molar-refractivity contribution in [3.05, 3.63) is 30.3 Å². The van der Waals surface area contributed by atoms with E-state index >= 15 is 0 Å². The van der Waals surface area contributed by atoms with E-state index in [4.69, 9.17) is 5.11 Å². The zero-order valence-corrected chi connectivity index (χ0v) is 12.0. The highest BCUT2D eigenvalue weighted by molar-refractivity contribution is 5.94. The standard InChI is InChI=1S/C15H22N2O3/c1-3-5-11-17(12-9-7-6-8-10-12)15(20)16-13(4-2)14(18)19/h6-10,13H,3-5,11H2,1-2H3,(H,16,20)(H,18,19)/t13-/m1/s1. The van der Waals surface area contributed by atoms with Gasteiger partial charge in [-0.2, -0.15) is 0 Å². The molecule has 0 aliphatic carbocycles. The maximum absolute atomic E-state index is 12.3. The van der Waals surface area contributed by atoms with Crippen LogP contribution >= 0.6 is 0 Å². The van der Waals surface area contributed by atoms with Gasteiger partial charge >= 0.3 is 12.0 Å². The van der Waals surface area contributed by atoms with Crippen LogP contribution < -0.4 is 10.2 Å². The van der Waals surface area contributed by atoms with E-state index in [2.05, 4.69) is 5.32 Å². The molecule has 5 heteroatoms. The second-order valence-corrected chi connectivity index (χ2v) is 4.59. The lowest BCUT2D eigenvalue weighted by molar-refractivity contribution is -0.139. The number of carbonyl (C=O) groups excluding carboxylic acids is 1. The van der Waals surface area contributed by atoms with E-state index in [0.29, 0.717) is 13.0 Å². The summed E-state index contributed by atoms with van der Waals surface area (Å²) in [5, 5.41) is 11.6. The topological polar surface area (TPSA) is 69.6 Å². The third kappa shape index (κ3) is 4.57. The Balaban J connectivity index is 2.82. The molecular formula is C15H22N2O3. The summed E-state index contributed by atoms with van der Waals surface area (Å²) in [7, 11) is 0. The van der Waals surface area contributed by atoms with Crippen molar-refractivity contribution in [3.8, 4) is 0 Å². The van der Waals surface area contributed by atoms with E-state index in [0.717, 1.165) is 18.5 Å². The van der Waals surface area contributed by atoms with Crippen LogP contribution in [-0.2, 0) is 4.79 Å². The van der Waals surface area contributed by atoms with E-state index in [1.54, 1.807) is 11.8 Å². The van der Waals surface area contributed by atoms with Gasteiger partial charge in [0.1, 0.15) is 6.04 Å². The fraction of sp³-hybridized carbons (Fsp3) is 0.467. The number of rotatable bonds is 7. The highest BCUT2D eigenvalue weighted by atomic mass is 16.4. The van der Waals surface area contributed by atoms with Crippen LogP contribution in [-0.4, -0.2) is 29.7 Å². The molecule has 2 N–H and O–H groups in total. The molecule has 1 rings (SSSR count). The van der Waals surface area contributed by atoms with Crippen molar-refractivity contribution in [1.29, 1.82) is 0 Å². The van der Waals surface area contributed by atoms with Crippen LogP contribution in [0, 0.1) is 0 Å². The Bertz CT molecular complexity index is 434. The number of nitrogens with one attached hydrogen (secondary N) is 1. The van der Waals surface area contributed by atoms with Gasteiger partial charge in [0.2, 0.25) is 0 Å². The SMILES string of the molecule is CCCCN(C(=O)N[C@H](CC)C(=O)O)c1ccccc1. The maximum atomic E-state index is 12.3. The smallest absolute Gasteiger partial charge is 0.326 e. The molecule has 1 aromatic carbocycles. The number of nitrogens with zero attached hydrogens (tertiary/aromatic N) is 1. The van der Waals surface area contributed by atoms with E-state index in [9.17, 15) is 9.59 Å². The van der Waals surface area contributed by atoms with Gasteiger partial charge in [-0.15, -0.1) is 0 Å². The molecule has 5 nitrogen and oxygen atoms in total. The number of carbonyl (C=O) groups is 2. The van der Waals surface area contributed by atoms with Crippen molar-refractivity contribution in [2.45, 2.75) is 39.2 Å². The van der Waals surface area contributed by atoms with E-state index < -0.39 is 12.0 Å². The molecule has 0 spiro atoms. The molecule has 2 amide bonds. The molecule has 0 unspecified atom stereocenters. The van der Waals surface area contributed by atoms with Gasteiger partial charge in [0.25, 0.3) is 0 Å². The highest BCUT2D eigenvalue weighted by Crippen LogP contribution is 2.14. The number of anilines is 1. The molecule has 0 aliphatic rings. The zero-order valence-electron chi connectivity index (χ0n) is 12.0. The minimum absolute atomic E-state index is 0.359. The average molecular weight is 278 g/mol. The number of carboxylic acids is 1. The minimum Gasteiger partial charge on any atom is -0.480 e. The van der Waals surface area contributed by atoms with Crippen molar-refractivity contribution < 1.29 is 14.7 Å². The van der Waals surface area contributed by atoms with Crippen LogP contribution in [0.5, 0.6) is 0 Å². The second kappa shape index (κ2) is 8.19. The van der Waals surface area contributed by atoms with Crippen LogP contribution in [0.2, 0.25) is 0 Å². The normalized spacial score (nSPS) is 11.7. The van der Waals surface area contributed by atoms with Gasteiger partial charge in [0, 0.05) is 12.2 Å². The molecule has 0 heterocycles. The number of amides is 2. The van der Waals surface area contributed by atoms with Gasteiger partial charge in [-0.1, -0.05) is 38.5 Å². The number of para-hydroxylation sites is 1. The molecule has 0 aliphatic heterocycles. The molecule has 0 saturated heterocycles. The van der Waals surface area contributed by atoms with E-state index in [1.807, 2.05) is 37.3 Å². The summed E-state index contributed by atoms with van der Waals surface area (Å²) in [6.45, 7) is 4.35. The number of carboxylic acid groups (broad SMARTS) is 1. The monoisotopic (exact) mass is 278 g/mol. The quantitative estimate of drug-likeness (QED) is 0.805. The van der Waals surface area contributed by atoms with Gasteiger partial charge < -0.3 is 10.4 Å². The van der Waals surface area contributed by atoms with Crippen molar-refractivity contribution in [1.82, 2.24) is 5.32 Å². The molecule has 0 saturated carbocycles. The van der Waals surface area contributed by atoms with Gasteiger partial charge in [0.05, 0.1) is 0 Å². The van der Waals surface area contributed by atoms with Gasteiger partial charge in [-0.25, -0.2) is 9.59 Å². The summed E-state index contributed by atoms with van der Waals surface area (Å²) in [6, 6.07) is 8.07. The Morgan fingerprint density at radius 3 is 2.40 bits per heavy atom. The Labute approximate surface area is 119 Å². The third-order valence-electron chi connectivity index (χ3n) is 3.05. The molecule has 20 heavy (non-hydrogen) atoms. The first-order valence-electron chi connectivity index (χ1n) is 6.96. The van der Waals surface area contributed by atoms with Gasteiger partial charge in [-0.05, 0) is 25.0 Å². The van der Waals surface area contributed by atoms with Crippen LogP contribution in [0.15, 0.2) is 30.3 Å². The predicted octanol–water partition coefficient (Wildman–Crippen LogP) is 2.87. The Morgan fingerprint density at radius 2 is 1.90 bits per heavy atom. The summed E-state index contributed by atoms with van der Waals surface area (Å²) in [5.41, 5.74) is 0.777. The number of unbranched alkanes of at least 4 members (excludes halogenated alkanes) is 1. The lowest BCUT2D eigenvalue weighted by Crippen LogP contribution is -2.48. The van der Waals surface area contributed by atoms with Crippen LogP contribution in [0.25, 0.3) is 0 Å². The number of benzene rings is 1. The summed E-state index contributed by atoms with van der Waals surface area (Å²) in [5.74, 6) is -1.01. The number of urea groups is 1. The number of hydrogen-bond donors (Lipinski definition) is 2. The first kappa shape index (κ1) is 16.0. The van der Waals surface area contributed by atoms with Gasteiger partial charge in [-0.3, -0.25) is 4.90 Å². The average Bonchev–Trinajstić information content (AvgIpc) is 2.46. The summed E-state index contributed by atoms with van der Waals surface area (Å²) in [4.78, 5) is 24.9. The Hall–Kier alpha value is -2.04. The highest BCUT2D eigenvalue weighted by Gasteiger charge is 2.22. The van der Waals surface area contributed by atoms with Crippen LogP contribution in [0.3, 0.4) is 0 Å². The molecule has 0 radical (unpaired) electrons. The maximum Gasteiger partial charge on any atom is 0.326 e. The summed E-state index contributed by atoms with van der Waals surface area (Å²) < 4.78 is 0. The fourth-order valence-electron chi connectivity index (χ4n) is 1.84. The molecule has 1 aromatic rings. The summed E-state index contributed by atoms with van der Waals surface area (Å²) >= 11 is 0. The first-order valence-corrected chi connectivity index (χ1v) is 6.96. The molecule has 0 aromatic heterocycles. The number of hydrogen-bond acceptors (Lipinski definition) is 2. The third-order valence-corrected chi connectivity index (χ3v) is 3.05. The summed E-state index contributed by atoms with van der Waals surface area (Å²) in [6.07, 6.45) is 2.19. The second-order valence-electron chi connectivity index (χ2n) is 4.59. The zero-order chi connectivity index (χ0) is 15.0. The van der Waals surface area contributed by atoms with E-state index in [-0.39, 0.29) is 6.03 Å². The van der Waals surface area contributed by atoms with Crippen molar-refractivity contribution in [3.63, 3.8) is 0 Å². The van der Waals surface area contributed by atoms with E-state index in [1.165, 1.54) is 0 Å². The molecule has 0 bridgehead atoms. The lowest BCUT2D eigenvalue weighted by Gasteiger charge is -2.25. The first-order chi connectivity index (χ1) is 9.60. The Morgan fingerprint density at radius 1 is 1.25 bits per heavy atom. The van der Waals surface area contributed by atoms with Crippen molar-refractivity contribution in [2.75, 3.05) is 11.4 Å². The largest absolute Gasteiger partial charge is 0.480 e. The fourth-order valence-corrected chi connectivity index (χ4v) is 1.84. The predicted molar refractivity (Wildman–Crippen MR) is 78.9 cm³/mol. The molecule has 1 atom stereocenters. The lowest BCUT2D eigenvalue weighted by atomic mass is 10.2. The molecule has 110 valence electrons. The van der Waals surface area contributed by atoms with Crippen LogP contribution in [0.4, 0.5) is 10.5 Å². The molecular weight excluding hydrogens is 256 g/mol. The van der Waals surface area contributed by atoms with Crippen LogP contribution in [0.1, 0.15) is 33.1 Å². The number of aliphatic carboxylic acids is 1. The minimum atomic E-state index is -1.01. The van der Waals surface area contributed by atoms with Crippen molar-refractivity contribution in [2.24, 2.45) is 0 Å². The Kier molecular flexibility index (Phi) is 6.56. The van der Waals surface area contributed by atoms with Gasteiger partial charge in [0.15, 0.2) is 0 Å². The van der Waals surface area contributed by atoms with Crippen molar-refractivity contribution >= 4 is 17.7 Å². The molecule has 0 fully saturated rings.